The first-order chi connectivity index (χ1) is 16.5. The van der Waals surface area contributed by atoms with Gasteiger partial charge in [-0.15, -0.1) is 0 Å². The molecule has 2 aliphatic rings. The Labute approximate surface area is 192 Å². The Balaban J connectivity index is 1.25. The van der Waals surface area contributed by atoms with Crippen molar-refractivity contribution in [1.29, 1.82) is 0 Å². The normalized spacial score (nSPS) is 15.9. The lowest BCUT2D eigenvalue weighted by molar-refractivity contribution is -0.141. The molecule has 0 bridgehead atoms. The molecule has 1 saturated heterocycles. The minimum absolute atomic E-state index is 0.241. The molecule has 0 radical (unpaired) electrons. The second kappa shape index (κ2) is 7.79. The number of ether oxygens (including phenoxy) is 2. The van der Waals surface area contributed by atoms with Crippen LogP contribution in [0.25, 0.3) is 16.6 Å². The summed E-state index contributed by atoms with van der Waals surface area (Å²) in [7, 11) is 0. The Bertz CT molecular complexity index is 1360. The Morgan fingerprint density at radius 1 is 0.794 bits per heavy atom. The van der Waals surface area contributed by atoms with Crippen LogP contribution in [0.5, 0.6) is 11.5 Å². The molecule has 0 N–H and O–H groups in total. The van der Waals surface area contributed by atoms with E-state index in [1.54, 1.807) is 18.2 Å². The number of halogens is 3. The van der Waals surface area contributed by atoms with E-state index >= 15 is 0 Å². The van der Waals surface area contributed by atoms with E-state index in [1.807, 2.05) is 18.2 Å². The molecule has 174 valence electrons. The number of rotatable bonds is 3. The average Bonchev–Trinajstić information content (AvgIpc) is 3.53. The predicted octanol–water partition coefficient (Wildman–Crippen LogP) is 3.89. The molecule has 2 aliphatic heterocycles. The first kappa shape index (κ1) is 20.6. The van der Waals surface area contributed by atoms with Crippen molar-refractivity contribution in [2.24, 2.45) is 0 Å². The van der Waals surface area contributed by atoms with Gasteiger partial charge in [-0.2, -0.15) is 18.3 Å². The molecule has 6 rings (SSSR count). The molecule has 0 spiro atoms. The van der Waals surface area contributed by atoms with Gasteiger partial charge in [-0.05, 0) is 36.4 Å². The van der Waals surface area contributed by atoms with E-state index in [2.05, 4.69) is 24.9 Å². The zero-order chi connectivity index (χ0) is 23.3. The number of hydrogen-bond acceptors (Lipinski definition) is 7. The van der Waals surface area contributed by atoms with Gasteiger partial charge >= 0.3 is 6.18 Å². The van der Waals surface area contributed by atoms with Crippen molar-refractivity contribution in [1.82, 2.24) is 19.7 Å². The van der Waals surface area contributed by atoms with Gasteiger partial charge in [0.1, 0.15) is 12.1 Å². The molecule has 0 atom stereocenters. The van der Waals surface area contributed by atoms with Crippen LogP contribution in [0, 0.1) is 0 Å². The highest BCUT2D eigenvalue weighted by atomic mass is 19.4. The van der Waals surface area contributed by atoms with E-state index in [0.717, 1.165) is 66.2 Å². The van der Waals surface area contributed by atoms with Gasteiger partial charge in [0, 0.05) is 49.5 Å². The molecule has 2 aromatic heterocycles. The summed E-state index contributed by atoms with van der Waals surface area (Å²) in [4.78, 5) is 13.3. The minimum Gasteiger partial charge on any atom is -0.454 e. The van der Waals surface area contributed by atoms with Crippen LogP contribution in [0.4, 0.5) is 24.7 Å². The summed E-state index contributed by atoms with van der Waals surface area (Å²) in [5.74, 6) is 2.26. The van der Waals surface area contributed by atoms with Gasteiger partial charge in [0.25, 0.3) is 0 Å². The van der Waals surface area contributed by atoms with Gasteiger partial charge in [0.2, 0.25) is 6.79 Å². The topological polar surface area (TPSA) is 68.5 Å². The zero-order valence-electron chi connectivity index (χ0n) is 17.9. The highest BCUT2D eigenvalue weighted by molar-refractivity contribution is 5.91. The maximum absolute atomic E-state index is 13.0. The zero-order valence-corrected chi connectivity index (χ0v) is 17.9. The van der Waals surface area contributed by atoms with Crippen molar-refractivity contribution in [2.75, 3.05) is 42.8 Å². The number of hydrogen-bond donors (Lipinski definition) is 0. The summed E-state index contributed by atoms with van der Waals surface area (Å²) >= 11 is 0. The van der Waals surface area contributed by atoms with Crippen LogP contribution < -0.4 is 19.3 Å². The van der Waals surface area contributed by atoms with Crippen LogP contribution in [0.2, 0.25) is 0 Å². The molecule has 2 aromatic carbocycles. The van der Waals surface area contributed by atoms with E-state index in [-0.39, 0.29) is 6.79 Å². The van der Waals surface area contributed by atoms with Crippen LogP contribution in [0.15, 0.2) is 55.0 Å². The van der Waals surface area contributed by atoms with E-state index < -0.39 is 11.9 Å². The summed E-state index contributed by atoms with van der Waals surface area (Å²) in [6.45, 7) is 3.25. The molecular formula is C23H19F3N6O2. The number of aromatic nitrogens is 4. The summed E-state index contributed by atoms with van der Waals surface area (Å²) in [5.41, 5.74) is 1.36. The fraction of sp³-hybridized carbons (Fsp3) is 0.261. The van der Waals surface area contributed by atoms with Crippen LogP contribution >= 0.6 is 0 Å². The summed E-state index contributed by atoms with van der Waals surface area (Å²) in [6, 6.07) is 12.1. The van der Waals surface area contributed by atoms with E-state index in [4.69, 9.17) is 9.47 Å². The highest BCUT2D eigenvalue weighted by Crippen LogP contribution is 2.36. The molecule has 11 heteroatoms. The third kappa shape index (κ3) is 3.62. The molecule has 0 saturated carbocycles. The lowest BCUT2D eigenvalue weighted by Gasteiger charge is -2.37. The van der Waals surface area contributed by atoms with Crippen molar-refractivity contribution in [3.63, 3.8) is 0 Å². The first-order valence-electron chi connectivity index (χ1n) is 10.7. The molecule has 4 heterocycles. The lowest BCUT2D eigenvalue weighted by atomic mass is 10.1. The largest absolute Gasteiger partial charge is 0.454 e. The molecule has 0 unspecified atom stereocenters. The smallest absolute Gasteiger partial charge is 0.435 e. The quantitative estimate of drug-likeness (QED) is 0.452. The van der Waals surface area contributed by atoms with Gasteiger partial charge < -0.3 is 19.3 Å². The minimum atomic E-state index is -4.49. The predicted molar refractivity (Wildman–Crippen MR) is 119 cm³/mol. The van der Waals surface area contributed by atoms with Gasteiger partial charge in [0.05, 0.1) is 11.2 Å². The van der Waals surface area contributed by atoms with Crippen molar-refractivity contribution >= 4 is 22.4 Å². The highest BCUT2D eigenvalue weighted by Gasteiger charge is 2.33. The summed E-state index contributed by atoms with van der Waals surface area (Å²) in [5, 5.41) is 4.44. The average molecular weight is 468 g/mol. The van der Waals surface area contributed by atoms with Crippen LogP contribution in [-0.4, -0.2) is 52.7 Å². The van der Waals surface area contributed by atoms with E-state index in [0.29, 0.717) is 5.69 Å². The number of alkyl halides is 3. The monoisotopic (exact) mass is 468 g/mol. The molecule has 4 aromatic rings. The second-order valence-corrected chi connectivity index (χ2v) is 8.05. The Kier molecular flexibility index (Phi) is 4.71. The molecule has 34 heavy (non-hydrogen) atoms. The third-order valence-electron chi connectivity index (χ3n) is 6.04. The standard InChI is InChI=1S/C23H19F3N6O2/c24-23(25,26)21-5-6-32(29-21)16-1-3-18-17(11-16)22(28-13-27-18)31-9-7-30(8-10-31)15-2-4-19-20(12-15)34-14-33-19/h1-6,11-13H,7-10,14H2. The molecule has 0 amide bonds. The molecular weight excluding hydrogens is 449 g/mol. The number of benzene rings is 2. The molecule has 8 nitrogen and oxygen atoms in total. The van der Waals surface area contributed by atoms with E-state index in [9.17, 15) is 13.2 Å². The van der Waals surface area contributed by atoms with Crippen LogP contribution in [0.1, 0.15) is 5.69 Å². The van der Waals surface area contributed by atoms with Crippen molar-refractivity contribution < 1.29 is 22.6 Å². The Morgan fingerprint density at radius 2 is 1.56 bits per heavy atom. The molecule has 0 aliphatic carbocycles. The molecule has 1 fully saturated rings. The summed E-state index contributed by atoms with van der Waals surface area (Å²) < 4.78 is 51.0. The van der Waals surface area contributed by atoms with Crippen LogP contribution in [-0.2, 0) is 6.18 Å². The van der Waals surface area contributed by atoms with Gasteiger partial charge in [-0.1, -0.05) is 0 Å². The summed E-state index contributed by atoms with van der Waals surface area (Å²) in [6.07, 6.45) is -1.68. The number of anilines is 2. The number of fused-ring (bicyclic) bond motifs is 2. The Hall–Kier alpha value is -4.02. The number of nitrogens with zero attached hydrogens (tertiary/aromatic N) is 6. The SMILES string of the molecule is FC(F)(F)c1ccn(-c2ccc3ncnc(N4CCN(c5ccc6c(c5)OCO6)CC4)c3c2)n1. The van der Waals surface area contributed by atoms with Gasteiger partial charge in [-0.3, -0.25) is 0 Å². The van der Waals surface area contributed by atoms with Gasteiger partial charge in [-0.25, -0.2) is 14.6 Å². The maximum Gasteiger partial charge on any atom is 0.435 e. The number of piperazine rings is 1. The fourth-order valence-electron chi connectivity index (χ4n) is 4.30. The van der Waals surface area contributed by atoms with Crippen LogP contribution in [0.3, 0.4) is 0 Å². The fourth-order valence-corrected chi connectivity index (χ4v) is 4.30. The van der Waals surface area contributed by atoms with Crippen molar-refractivity contribution in [3.05, 3.63) is 60.7 Å². The van der Waals surface area contributed by atoms with E-state index in [1.165, 1.54) is 17.2 Å². The maximum atomic E-state index is 13.0. The first-order valence-corrected chi connectivity index (χ1v) is 10.7. The Morgan fingerprint density at radius 3 is 2.35 bits per heavy atom. The second-order valence-electron chi connectivity index (χ2n) is 8.05. The van der Waals surface area contributed by atoms with Crippen molar-refractivity contribution in [2.45, 2.75) is 6.18 Å². The van der Waals surface area contributed by atoms with Gasteiger partial charge in [0.15, 0.2) is 17.2 Å². The lowest BCUT2D eigenvalue weighted by Crippen LogP contribution is -2.46. The third-order valence-corrected chi connectivity index (χ3v) is 6.04. The van der Waals surface area contributed by atoms with Crippen molar-refractivity contribution in [3.8, 4) is 17.2 Å².